The van der Waals surface area contributed by atoms with E-state index in [1.54, 1.807) is 0 Å². The lowest BCUT2D eigenvalue weighted by Crippen LogP contribution is -2.66. The molecule has 5 N–H and O–H groups in total. The Morgan fingerprint density at radius 1 is 1.44 bits per heavy atom. The number of hydrogen-bond acceptors (Lipinski definition) is 6. The number of amides is 1. The summed E-state index contributed by atoms with van der Waals surface area (Å²) in [7, 11) is 0. The lowest BCUT2D eigenvalue weighted by molar-refractivity contribution is -0.189. The Hall–Kier alpha value is -0.730. The minimum Gasteiger partial charge on any atom is -0.388 e. The molecule has 2 aliphatic heterocycles. The van der Waals surface area contributed by atoms with Gasteiger partial charge in [-0.3, -0.25) is 4.79 Å². The molecular formula is C9H16N2O5. The summed E-state index contributed by atoms with van der Waals surface area (Å²) in [6.07, 6.45) is -3.95. The number of nitrogens with two attached hydrogens (primary N) is 1. The maximum atomic E-state index is 10.9. The van der Waals surface area contributed by atoms with Gasteiger partial charge in [0.1, 0.15) is 30.6 Å². The predicted octanol–water partition coefficient (Wildman–Crippen LogP) is -2.70. The van der Waals surface area contributed by atoms with E-state index in [0.717, 1.165) is 0 Å². The van der Waals surface area contributed by atoms with Gasteiger partial charge in [0.05, 0.1) is 12.6 Å². The van der Waals surface area contributed by atoms with E-state index in [1.807, 2.05) is 0 Å². The zero-order valence-electron chi connectivity index (χ0n) is 8.87. The summed E-state index contributed by atoms with van der Waals surface area (Å²) < 4.78 is 10.3. The fourth-order valence-corrected chi connectivity index (χ4v) is 1.90. The van der Waals surface area contributed by atoms with E-state index in [-0.39, 0.29) is 12.0 Å². The van der Waals surface area contributed by atoms with E-state index >= 15 is 0 Å². The molecule has 0 saturated carbocycles. The van der Waals surface area contributed by atoms with E-state index < -0.39 is 30.6 Å². The highest BCUT2D eigenvalue weighted by atomic mass is 16.6. The van der Waals surface area contributed by atoms with E-state index in [9.17, 15) is 15.0 Å². The number of rotatable bonds is 2. The molecule has 2 rings (SSSR count). The van der Waals surface area contributed by atoms with E-state index in [0.29, 0.717) is 6.61 Å². The van der Waals surface area contributed by atoms with Crippen LogP contribution >= 0.6 is 0 Å². The van der Waals surface area contributed by atoms with Crippen LogP contribution in [0.5, 0.6) is 0 Å². The van der Waals surface area contributed by atoms with E-state index in [2.05, 4.69) is 5.32 Å². The molecule has 0 aromatic heterocycles. The Morgan fingerprint density at radius 2 is 2.06 bits per heavy atom. The lowest BCUT2D eigenvalue weighted by Gasteiger charge is -2.41. The van der Waals surface area contributed by atoms with Gasteiger partial charge in [0.2, 0.25) is 5.91 Å². The fraction of sp³-hybridized carbons (Fsp3) is 0.889. The maximum absolute atomic E-state index is 10.9. The molecule has 92 valence electrons. The summed E-state index contributed by atoms with van der Waals surface area (Å²) in [4.78, 5) is 10.9. The lowest BCUT2D eigenvalue weighted by atomic mass is 9.94. The maximum Gasteiger partial charge on any atom is 0.217 e. The van der Waals surface area contributed by atoms with Crippen LogP contribution in [0.1, 0.15) is 6.92 Å². The second-order valence-electron chi connectivity index (χ2n) is 4.14. The largest absolute Gasteiger partial charge is 0.388 e. The molecule has 7 nitrogen and oxygen atoms in total. The normalized spacial score (nSPS) is 47.5. The van der Waals surface area contributed by atoms with Crippen molar-refractivity contribution >= 4 is 5.91 Å². The van der Waals surface area contributed by atoms with Crippen molar-refractivity contribution < 1.29 is 24.5 Å². The van der Waals surface area contributed by atoms with Gasteiger partial charge < -0.3 is 30.7 Å². The van der Waals surface area contributed by atoms with Gasteiger partial charge in [0.25, 0.3) is 0 Å². The van der Waals surface area contributed by atoms with Crippen molar-refractivity contribution in [2.75, 3.05) is 6.61 Å². The Labute approximate surface area is 92.5 Å². The van der Waals surface area contributed by atoms with Gasteiger partial charge in [0.15, 0.2) is 0 Å². The third-order valence-corrected chi connectivity index (χ3v) is 2.82. The number of nitrogens with one attached hydrogen (secondary N) is 1. The smallest absolute Gasteiger partial charge is 0.217 e. The van der Waals surface area contributed by atoms with Gasteiger partial charge in [-0.15, -0.1) is 0 Å². The standard InChI is InChI=1S/C9H16N2O5/c1-3(12)11-5-6(13)7(14)8(4-2-15-4)16-9(5)10/h4-9,13-14H,2,10H2,1H3,(H,11,12)/t4-,5-,6-,7+,8-,9?/m1/s1. The van der Waals surface area contributed by atoms with Gasteiger partial charge in [-0.1, -0.05) is 0 Å². The third kappa shape index (κ3) is 2.18. The molecule has 1 amide bonds. The molecule has 2 fully saturated rings. The van der Waals surface area contributed by atoms with Crippen molar-refractivity contribution in [3.63, 3.8) is 0 Å². The monoisotopic (exact) mass is 232 g/mol. The van der Waals surface area contributed by atoms with Crippen LogP contribution in [0.3, 0.4) is 0 Å². The van der Waals surface area contributed by atoms with Crippen LogP contribution in [0.2, 0.25) is 0 Å². The molecule has 2 aliphatic rings. The molecule has 2 saturated heterocycles. The molecular weight excluding hydrogens is 216 g/mol. The highest BCUT2D eigenvalue weighted by Crippen LogP contribution is 2.27. The quantitative estimate of drug-likeness (QED) is 0.385. The van der Waals surface area contributed by atoms with Crippen LogP contribution in [0.25, 0.3) is 0 Å². The van der Waals surface area contributed by atoms with Crippen LogP contribution < -0.4 is 11.1 Å². The van der Waals surface area contributed by atoms with Crippen molar-refractivity contribution in [3.8, 4) is 0 Å². The van der Waals surface area contributed by atoms with Gasteiger partial charge in [-0.25, -0.2) is 0 Å². The first-order chi connectivity index (χ1) is 7.50. The van der Waals surface area contributed by atoms with Crippen LogP contribution in [-0.2, 0) is 14.3 Å². The summed E-state index contributed by atoms with van der Waals surface area (Å²) in [6.45, 7) is 1.80. The minimum atomic E-state index is -1.15. The van der Waals surface area contributed by atoms with Crippen LogP contribution in [0, 0.1) is 0 Å². The van der Waals surface area contributed by atoms with Gasteiger partial charge in [0, 0.05) is 6.92 Å². The zero-order chi connectivity index (χ0) is 11.9. The zero-order valence-corrected chi connectivity index (χ0v) is 8.87. The molecule has 0 radical (unpaired) electrons. The fourth-order valence-electron chi connectivity index (χ4n) is 1.90. The Morgan fingerprint density at radius 3 is 2.56 bits per heavy atom. The van der Waals surface area contributed by atoms with Crippen LogP contribution in [0.4, 0.5) is 0 Å². The molecule has 0 aromatic carbocycles. The summed E-state index contributed by atoms with van der Waals surface area (Å²) in [5.41, 5.74) is 5.67. The summed E-state index contributed by atoms with van der Waals surface area (Å²) in [5.74, 6) is -0.337. The first-order valence-corrected chi connectivity index (χ1v) is 5.16. The number of ether oxygens (including phenoxy) is 2. The SMILES string of the molecule is CC(=O)N[C@H]1C(N)O[C@H]([C@H]2CO2)[C@@H](O)[C@@H]1O. The van der Waals surface area contributed by atoms with E-state index in [4.69, 9.17) is 15.2 Å². The number of aliphatic hydroxyl groups is 2. The van der Waals surface area contributed by atoms with Crippen molar-refractivity contribution in [2.45, 2.75) is 43.6 Å². The van der Waals surface area contributed by atoms with Crippen molar-refractivity contribution in [1.29, 1.82) is 0 Å². The van der Waals surface area contributed by atoms with Gasteiger partial charge >= 0.3 is 0 Å². The second-order valence-corrected chi connectivity index (χ2v) is 4.14. The first-order valence-electron chi connectivity index (χ1n) is 5.16. The Balaban J connectivity index is 2.04. The minimum absolute atomic E-state index is 0.214. The van der Waals surface area contributed by atoms with Crippen LogP contribution in [0.15, 0.2) is 0 Å². The average Bonchev–Trinajstić information content (AvgIpc) is 3.01. The number of carbonyl (C=O) groups is 1. The molecule has 6 atom stereocenters. The van der Waals surface area contributed by atoms with Crippen LogP contribution in [-0.4, -0.2) is 59.4 Å². The summed E-state index contributed by atoms with van der Waals surface area (Å²) in [5, 5.41) is 22.1. The molecule has 0 aliphatic carbocycles. The van der Waals surface area contributed by atoms with Crippen molar-refractivity contribution in [3.05, 3.63) is 0 Å². The number of epoxide rings is 1. The highest BCUT2D eigenvalue weighted by Gasteiger charge is 2.50. The highest BCUT2D eigenvalue weighted by molar-refractivity contribution is 5.73. The van der Waals surface area contributed by atoms with Crippen molar-refractivity contribution in [1.82, 2.24) is 5.32 Å². The Bertz CT molecular complexity index is 283. The topological polar surface area (TPSA) is 117 Å². The second kappa shape index (κ2) is 4.27. The molecule has 1 unspecified atom stereocenters. The average molecular weight is 232 g/mol. The first kappa shape index (κ1) is 11.7. The van der Waals surface area contributed by atoms with Gasteiger partial charge in [-0.05, 0) is 0 Å². The van der Waals surface area contributed by atoms with E-state index in [1.165, 1.54) is 6.92 Å². The molecule has 16 heavy (non-hydrogen) atoms. The molecule has 7 heteroatoms. The summed E-state index contributed by atoms with van der Waals surface area (Å²) >= 11 is 0. The number of aliphatic hydroxyl groups excluding tert-OH is 2. The van der Waals surface area contributed by atoms with Gasteiger partial charge in [-0.2, -0.15) is 0 Å². The Kier molecular flexibility index (Phi) is 3.13. The molecule has 0 bridgehead atoms. The number of carbonyl (C=O) groups excluding carboxylic acids is 1. The molecule has 2 heterocycles. The summed E-state index contributed by atoms with van der Waals surface area (Å²) in [6, 6.07) is -0.803. The molecule has 0 spiro atoms. The molecule has 0 aromatic rings. The predicted molar refractivity (Wildman–Crippen MR) is 52.2 cm³/mol. The third-order valence-electron chi connectivity index (χ3n) is 2.82. The van der Waals surface area contributed by atoms with Crippen molar-refractivity contribution in [2.24, 2.45) is 5.73 Å². The number of hydrogen-bond donors (Lipinski definition) is 4.